The van der Waals surface area contributed by atoms with Crippen LogP contribution in [0.5, 0.6) is 5.75 Å². The van der Waals surface area contributed by atoms with Gasteiger partial charge in [0.2, 0.25) is 0 Å². The van der Waals surface area contributed by atoms with Crippen molar-refractivity contribution in [2.45, 2.75) is 83.9 Å². The molecule has 0 fully saturated rings. The summed E-state index contributed by atoms with van der Waals surface area (Å²) in [7, 11) is -0.727. The first kappa shape index (κ1) is 26.4. The third kappa shape index (κ3) is 8.24. The Bertz CT molecular complexity index is 712. The molecule has 8 heteroatoms. The molecule has 172 valence electrons. The second kappa shape index (κ2) is 10.1. The molecule has 30 heavy (non-hydrogen) atoms. The number of nitrogens with one attached hydrogen (secondary N) is 1. The van der Waals surface area contributed by atoms with E-state index in [1.54, 1.807) is 20.8 Å². The van der Waals surface area contributed by atoms with Crippen molar-refractivity contribution in [3.8, 4) is 5.75 Å². The molecule has 1 rings (SSSR count). The van der Waals surface area contributed by atoms with Crippen LogP contribution in [0.4, 0.5) is 9.18 Å². The molecule has 2 unspecified atom stereocenters. The summed E-state index contributed by atoms with van der Waals surface area (Å²) in [5.41, 5.74) is -0.271. The number of alkyl carbamates (subject to hydrolysis) is 1. The number of ether oxygens (including phenoxy) is 2. The molecule has 0 radical (unpaired) electrons. The molecule has 0 heterocycles. The molecular weight excluding hydrogens is 405 g/mol. The number of hydrogen-bond donors (Lipinski definition) is 2. The summed E-state index contributed by atoms with van der Waals surface area (Å²) in [5, 5.41) is 13.5. The minimum absolute atomic E-state index is 0.0569. The molecule has 0 bridgehead atoms. The fraction of sp³-hybridized carbons (Fsp3) is 0.682. The van der Waals surface area contributed by atoms with Crippen molar-refractivity contribution in [1.29, 1.82) is 0 Å². The van der Waals surface area contributed by atoms with Crippen molar-refractivity contribution in [1.82, 2.24) is 5.32 Å². The summed E-state index contributed by atoms with van der Waals surface area (Å²) < 4.78 is 30.8. The van der Waals surface area contributed by atoms with Gasteiger partial charge in [-0.1, -0.05) is 20.8 Å². The molecule has 0 aliphatic rings. The summed E-state index contributed by atoms with van der Waals surface area (Å²) >= 11 is 0. The first-order chi connectivity index (χ1) is 13.6. The molecule has 1 amide bonds. The lowest BCUT2D eigenvalue weighted by Gasteiger charge is -2.40. The SMILES string of the molecule is COc1ccc(F)cc1C(O)CC(CNC(=O)OC(C)(C)C)O[Si](C)(C)C(C)(C)C. The Labute approximate surface area is 181 Å². The highest BCUT2D eigenvalue weighted by atomic mass is 28.4. The highest BCUT2D eigenvalue weighted by Gasteiger charge is 2.39. The molecule has 2 N–H and O–H groups in total. The summed E-state index contributed by atoms with van der Waals surface area (Å²) in [5.74, 6) is -0.0614. The maximum Gasteiger partial charge on any atom is 0.407 e. The van der Waals surface area contributed by atoms with E-state index >= 15 is 0 Å². The summed E-state index contributed by atoms with van der Waals surface area (Å²) in [6, 6.07) is 4.02. The van der Waals surface area contributed by atoms with Crippen LogP contribution in [0, 0.1) is 5.82 Å². The zero-order valence-electron chi connectivity index (χ0n) is 19.8. The Morgan fingerprint density at radius 1 is 1.20 bits per heavy atom. The monoisotopic (exact) mass is 443 g/mol. The van der Waals surface area contributed by atoms with Gasteiger partial charge in [-0.2, -0.15) is 0 Å². The van der Waals surface area contributed by atoms with Gasteiger partial charge in [0.25, 0.3) is 0 Å². The molecule has 1 aromatic rings. The molecule has 0 saturated carbocycles. The smallest absolute Gasteiger partial charge is 0.407 e. The van der Waals surface area contributed by atoms with Gasteiger partial charge < -0.3 is 24.3 Å². The lowest BCUT2D eigenvalue weighted by molar-refractivity contribution is 0.0451. The number of aliphatic hydroxyl groups is 1. The van der Waals surface area contributed by atoms with Gasteiger partial charge in [0.1, 0.15) is 17.2 Å². The molecule has 0 spiro atoms. The minimum Gasteiger partial charge on any atom is -0.496 e. The molecule has 0 aliphatic heterocycles. The fourth-order valence-corrected chi connectivity index (χ4v) is 3.99. The molecule has 6 nitrogen and oxygen atoms in total. The number of methoxy groups -OCH3 is 1. The number of halogens is 1. The van der Waals surface area contributed by atoms with Crippen molar-refractivity contribution in [3.05, 3.63) is 29.6 Å². The Morgan fingerprint density at radius 3 is 2.30 bits per heavy atom. The Hall–Kier alpha value is -1.64. The van der Waals surface area contributed by atoms with Crippen molar-refractivity contribution in [3.63, 3.8) is 0 Å². The molecule has 0 aromatic heterocycles. The largest absolute Gasteiger partial charge is 0.496 e. The minimum atomic E-state index is -2.20. The molecule has 0 aliphatic carbocycles. The van der Waals surface area contributed by atoms with Crippen LogP contribution in [0.3, 0.4) is 0 Å². The molecular formula is C22H38FNO5Si. The lowest BCUT2D eigenvalue weighted by atomic mass is 10.0. The summed E-state index contributed by atoms with van der Waals surface area (Å²) in [6.45, 7) is 16.1. The van der Waals surface area contributed by atoms with Gasteiger partial charge in [-0.05, 0) is 57.1 Å². The van der Waals surface area contributed by atoms with E-state index in [0.29, 0.717) is 11.3 Å². The predicted molar refractivity (Wildman–Crippen MR) is 119 cm³/mol. The van der Waals surface area contributed by atoms with Crippen molar-refractivity contribution >= 4 is 14.4 Å². The van der Waals surface area contributed by atoms with Crippen LogP contribution in [0.25, 0.3) is 0 Å². The van der Waals surface area contributed by atoms with Crippen molar-refractivity contribution < 1.29 is 28.2 Å². The van der Waals surface area contributed by atoms with E-state index in [1.807, 2.05) is 0 Å². The first-order valence-corrected chi connectivity index (χ1v) is 13.1. The predicted octanol–water partition coefficient (Wildman–Crippen LogP) is 5.17. The second-order valence-electron chi connectivity index (χ2n) is 10.0. The third-order valence-corrected chi connectivity index (χ3v) is 9.71. The highest BCUT2D eigenvalue weighted by molar-refractivity contribution is 6.74. The number of rotatable bonds is 8. The van der Waals surface area contributed by atoms with Gasteiger partial charge >= 0.3 is 6.09 Å². The van der Waals surface area contributed by atoms with Crippen LogP contribution in [0.1, 0.15) is 59.6 Å². The quantitative estimate of drug-likeness (QED) is 0.542. The number of amides is 1. The number of carbonyl (C=O) groups is 1. The van der Waals surface area contributed by atoms with E-state index in [0.717, 1.165) is 0 Å². The summed E-state index contributed by atoms with van der Waals surface area (Å²) in [4.78, 5) is 12.1. The second-order valence-corrected chi connectivity index (χ2v) is 14.8. The standard InChI is InChI=1S/C22H38FNO5Si/c1-21(2,3)28-20(26)24-14-16(29-30(8,9)22(4,5)6)13-18(25)17-12-15(23)10-11-19(17)27-7/h10-12,16,18,25H,13-14H2,1-9H3,(H,24,26). The number of benzene rings is 1. The zero-order chi connectivity index (χ0) is 23.3. The number of hydrogen-bond acceptors (Lipinski definition) is 5. The number of aliphatic hydroxyl groups excluding tert-OH is 1. The third-order valence-electron chi connectivity index (χ3n) is 5.18. The highest BCUT2D eigenvalue weighted by Crippen LogP contribution is 2.38. The van der Waals surface area contributed by atoms with Gasteiger partial charge in [-0.3, -0.25) is 0 Å². The molecule has 1 aromatic carbocycles. The average Bonchev–Trinajstić information content (AvgIpc) is 2.56. The van der Waals surface area contributed by atoms with E-state index in [9.17, 15) is 14.3 Å². The van der Waals surface area contributed by atoms with Crippen LogP contribution in [0.15, 0.2) is 18.2 Å². The fourth-order valence-electron chi connectivity index (χ4n) is 2.62. The van der Waals surface area contributed by atoms with Crippen LogP contribution < -0.4 is 10.1 Å². The Morgan fingerprint density at radius 2 is 1.80 bits per heavy atom. The van der Waals surface area contributed by atoms with Crippen LogP contribution >= 0.6 is 0 Å². The van der Waals surface area contributed by atoms with Gasteiger partial charge in [-0.25, -0.2) is 9.18 Å². The Kier molecular flexibility index (Phi) is 8.89. The van der Waals surface area contributed by atoms with Crippen LogP contribution in [-0.4, -0.2) is 44.9 Å². The van der Waals surface area contributed by atoms with Gasteiger partial charge in [0.15, 0.2) is 8.32 Å². The Balaban J connectivity index is 3.02. The van der Waals surface area contributed by atoms with Crippen molar-refractivity contribution in [2.75, 3.05) is 13.7 Å². The van der Waals surface area contributed by atoms with E-state index < -0.39 is 38.0 Å². The molecule has 0 saturated heterocycles. The maximum absolute atomic E-state index is 13.8. The van der Waals surface area contributed by atoms with Gasteiger partial charge in [-0.15, -0.1) is 0 Å². The van der Waals surface area contributed by atoms with E-state index in [-0.39, 0.29) is 18.0 Å². The van der Waals surface area contributed by atoms with Crippen LogP contribution in [-0.2, 0) is 9.16 Å². The topological polar surface area (TPSA) is 77.0 Å². The van der Waals surface area contributed by atoms with Gasteiger partial charge in [0, 0.05) is 18.5 Å². The lowest BCUT2D eigenvalue weighted by Crippen LogP contribution is -2.47. The van der Waals surface area contributed by atoms with E-state index in [4.69, 9.17) is 13.9 Å². The van der Waals surface area contributed by atoms with E-state index in [1.165, 1.54) is 25.3 Å². The average molecular weight is 444 g/mol. The van der Waals surface area contributed by atoms with Gasteiger partial charge in [0.05, 0.1) is 19.3 Å². The molecule has 2 atom stereocenters. The van der Waals surface area contributed by atoms with Crippen molar-refractivity contribution in [2.24, 2.45) is 0 Å². The maximum atomic E-state index is 13.8. The normalized spacial score (nSPS) is 14.8. The van der Waals surface area contributed by atoms with Crippen LogP contribution in [0.2, 0.25) is 18.1 Å². The van der Waals surface area contributed by atoms with E-state index in [2.05, 4.69) is 39.2 Å². The number of carbonyl (C=O) groups excluding carboxylic acids is 1. The summed E-state index contributed by atoms with van der Waals surface area (Å²) in [6.07, 6.45) is -1.89. The zero-order valence-corrected chi connectivity index (χ0v) is 20.8. The first-order valence-electron chi connectivity index (χ1n) is 10.2.